The summed E-state index contributed by atoms with van der Waals surface area (Å²) in [6.07, 6.45) is 0.529. The van der Waals surface area contributed by atoms with E-state index in [0.29, 0.717) is 16.9 Å². The molecule has 0 fully saturated rings. The van der Waals surface area contributed by atoms with E-state index in [1.165, 1.54) is 0 Å². The first-order valence-electron chi connectivity index (χ1n) is 6.73. The van der Waals surface area contributed by atoms with Gasteiger partial charge in [-0.25, -0.2) is 8.42 Å². The van der Waals surface area contributed by atoms with Gasteiger partial charge in [0.15, 0.2) is 9.84 Å². The molecule has 0 aliphatic rings. The van der Waals surface area contributed by atoms with E-state index < -0.39 is 15.7 Å². The Labute approximate surface area is 149 Å². The monoisotopic (exact) mass is 446 g/mol. The Kier molecular flexibility index (Phi) is 6.72. The number of hydrogen-bond acceptors (Lipinski definition) is 4. The number of sulfone groups is 1. The molecule has 7 heteroatoms. The number of nitrogens with two attached hydrogens (primary N) is 1. The van der Waals surface area contributed by atoms with Crippen LogP contribution in [-0.2, 0) is 16.3 Å². The van der Waals surface area contributed by atoms with Gasteiger partial charge in [-0.15, -0.1) is 0 Å². The summed E-state index contributed by atoms with van der Waals surface area (Å²) in [7, 11) is -3.19. The number of hydrogen-bond donors (Lipinski definition) is 2. The maximum Gasteiger partial charge on any atom is 0.248 e. The lowest BCUT2D eigenvalue weighted by molar-refractivity contribution is 0.0999. The normalized spacial score (nSPS) is 10.9. The van der Waals surface area contributed by atoms with Crippen molar-refractivity contribution < 1.29 is 13.2 Å². The van der Waals surface area contributed by atoms with Gasteiger partial charge < -0.3 is 11.9 Å². The zero-order chi connectivity index (χ0) is 16.3. The molecule has 0 aromatic heterocycles. The number of halogens is 1. The molecule has 0 saturated heterocycles. The molecule has 0 saturated carbocycles. The summed E-state index contributed by atoms with van der Waals surface area (Å²) in [4.78, 5) is 11.8. The molecule has 0 unspecified atom stereocenters. The molecule has 0 heterocycles. The molecular weight excluding hydrogens is 427 g/mol. The molecule has 0 aliphatic heterocycles. The third kappa shape index (κ3) is 4.76. The van der Waals surface area contributed by atoms with E-state index in [9.17, 15) is 13.2 Å². The number of carbonyl (C=O) groups excluding carboxylic acids is 1. The van der Waals surface area contributed by atoms with Gasteiger partial charge >= 0.3 is 0 Å². The van der Waals surface area contributed by atoms with Crippen molar-refractivity contribution in [3.8, 4) is 0 Å². The fourth-order valence-corrected chi connectivity index (χ4v) is 3.59. The maximum absolute atomic E-state index is 11.8. The first-order chi connectivity index (χ1) is 10.3. The van der Waals surface area contributed by atoms with Crippen LogP contribution in [0, 0.1) is 3.57 Å². The van der Waals surface area contributed by atoms with E-state index in [2.05, 4.69) is 22.6 Å². The lowest BCUT2D eigenvalue weighted by Gasteiger charge is -2.09. The van der Waals surface area contributed by atoms with E-state index >= 15 is 0 Å². The quantitative estimate of drug-likeness (QED) is 0.688. The lowest BCUT2D eigenvalue weighted by atomic mass is 9.99. The van der Waals surface area contributed by atoms with Gasteiger partial charge in [0.1, 0.15) is 0 Å². The summed E-state index contributed by atoms with van der Waals surface area (Å²) in [5.74, 6) is -0.383. The van der Waals surface area contributed by atoms with Gasteiger partial charge in [-0.1, -0.05) is 19.1 Å². The second-order valence-corrected chi connectivity index (χ2v) is 8.41. The van der Waals surface area contributed by atoms with Gasteiger partial charge in [0, 0.05) is 9.13 Å². The molecule has 0 atom stereocenters. The highest BCUT2D eigenvalue weighted by Gasteiger charge is 2.12. The summed E-state index contributed by atoms with van der Waals surface area (Å²) < 4.78 is 24.6. The van der Waals surface area contributed by atoms with Crippen molar-refractivity contribution in [2.75, 3.05) is 5.75 Å². The Morgan fingerprint density at radius 2 is 1.74 bits per heavy atom. The topological polar surface area (TPSA) is 112 Å². The van der Waals surface area contributed by atoms with Gasteiger partial charge in [-0.3, -0.25) is 4.79 Å². The van der Waals surface area contributed by atoms with Crippen LogP contribution in [0.25, 0.3) is 0 Å². The van der Waals surface area contributed by atoms with Crippen LogP contribution in [0.15, 0.2) is 47.4 Å². The van der Waals surface area contributed by atoms with Crippen LogP contribution < -0.4 is 11.9 Å². The standard InChI is InChI=1S/C16H16INO3S.H3N/c1-2-22(20,21)14-6-3-11(4-7-14)9-12-10-13(17)5-8-15(12)16(18)19;/h3-8,10H,2,9H2,1H3,(H2,18,19);1H3. The molecule has 5 nitrogen and oxygen atoms in total. The van der Waals surface area contributed by atoms with E-state index in [1.54, 1.807) is 37.3 Å². The number of benzene rings is 2. The van der Waals surface area contributed by atoms with Crippen molar-refractivity contribution in [1.82, 2.24) is 6.15 Å². The highest BCUT2D eigenvalue weighted by Crippen LogP contribution is 2.19. The first-order valence-corrected chi connectivity index (χ1v) is 9.46. The minimum absolute atomic E-state index is 0. The average molecular weight is 446 g/mol. The third-order valence-corrected chi connectivity index (χ3v) is 5.81. The zero-order valence-corrected chi connectivity index (χ0v) is 15.7. The summed E-state index contributed by atoms with van der Waals surface area (Å²) in [6.45, 7) is 1.62. The summed E-state index contributed by atoms with van der Waals surface area (Å²) >= 11 is 2.18. The largest absolute Gasteiger partial charge is 0.366 e. The Morgan fingerprint density at radius 1 is 1.13 bits per heavy atom. The van der Waals surface area contributed by atoms with Gasteiger partial charge in [0.25, 0.3) is 0 Å². The van der Waals surface area contributed by atoms with Crippen LogP contribution in [0.1, 0.15) is 28.4 Å². The van der Waals surface area contributed by atoms with Crippen LogP contribution in [0.4, 0.5) is 0 Å². The Bertz CT molecular complexity index is 803. The molecule has 0 aliphatic carbocycles. The first kappa shape index (κ1) is 19.6. The summed E-state index contributed by atoms with van der Waals surface area (Å²) in [6, 6.07) is 12.2. The summed E-state index contributed by atoms with van der Waals surface area (Å²) in [5.41, 5.74) is 7.66. The fourth-order valence-electron chi connectivity index (χ4n) is 2.15. The minimum atomic E-state index is -3.19. The second-order valence-electron chi connectivity index (χ2n) is 4.89. The minimum Gasteiger partial charge on any atom is -0.366 e. The number of rotatable bonds is 5. The van der Waals surface area contributed by atoms with Crippen LogP contribution in [-0.4, -0.2) is 20.1 Å². The van der Waals surface area contributed by atoms with Gasteiger partial charge in [-0.2, -0.15) is 0 Å². The van der Waals surface area contributed by atoms with Gasteiger partial charge in [0.2, 0.25) is 5.91 Å². The Balaban J connectivity index is 0.00000264. The number of amides is 1. The van der Waals surface area contributed by atoms with Crippen LogP contribution in [0.2, 0.25) is 0 Å². The van der Waals surface area contributed by atoms with Crippen LogP contribution in [0.5, 0.6) is 0 Å². The molecule has 2 aromatic carbocycles. The SMILES string of the molecule is CCS(=O)(=O)c1ccc(Cc2cc(I)ccc2C(N)=O)cc1.N. The van der Waals surface area contributed by atoms with E-state index in [-0.39, 0.29) is 11.9 Å². The molecule has 0 spiro atoms. The summed E-state index contributed by atoms with van der Waals surface area (Å²) in [5, 5.41) is 0. The van der Waals surface area contributed by atoms with E-state index in [1.807, 2.05) is 12.1 Å². The molecule has 0 bridgehead atoms. The molecule has 2 aromatic rings. The Morgan fingerprint density at radius 3 is 2.26 bits per heavy atom. The fraction of sp³-hybridized carbons (Fsp3) is 0.188. The number of carbonyl (C=O) groups is 1. The molecule has 124 valence electrons. The average Bonchev–Trinajstić information content (AvgIpc) is 2.47. The molecule has 0 radical (unpaired) electrons. The molecular formula is C16H19IN2O3S. The van der Waals surface area contributed by atoms with Gasteiger partial charge in [0.05, 0.1) is 10.6 Å². The molecule has 1 amide bonds. The Hall–Kier alpha value is -1.45. The van der Waals surface area contributed by atoms with Crippen molar-refractivity contribution in [2.45, 2.75) is 18.2 Å². The zero-order valence-electron chi connectivity index (χ0n) is 12.8. The smallest absolute Gasteiger partial charge is 0.248 e. The highest BCUT2D eigenvalue weighted by atomic mass is 127. The van der Waals surface area contributed by atoms with Crippen molar-refractivity contribution in [3.05, 3.63) is 62.7 Å². The van der Waals surface area contributed by atoms with Gasteiger partial charge in [-0.05, 0) is 70.5 Å². The van der Waals surface area contributed by atoms with E-state index in [4.69, 9.17) is 5.73 Å². The predicted octanol–water partition coefficient (Wildman–Crippen LogP) is 2.94. The lowest BCUT2D eigenvalue weighted by Crippen LogP contribution is -2.14. The van der Waals surface area contributed by atoms with Crippen LogP contribution >= 0.6 is 22.6 Å². The van der Waals surface area contributed by atoms with E-state index in [0.717, 1.165) is 14.7 Å². The second kappa shape index (κ2) is 7.89. The molecule has 23 heavy (non-hydrogen) atoms. The van der Waals surface area contributed by atoms with Crippen molar-refractivity contribution in [2.24, 2.45) is 5.73 Å². The van der Waals surface area contributed by atoms with Crippen molar-refractivity contribution >= 4 is 38.3 Å². The highest BCUT2D eigenvalue weighted by molar-refractivity contribution is 14.1. The van der Waals surface area contributed by atoms with Crippen molar-refractivity contribution in [1.29, 1.82) is 0 Å². The predicted molar refractivity (Wildman–Crippen MR) is 99.7 cm³/mol. The number of primary amides is 1. The molecule has 5 N–H and O–H groups in total. The van der Waals surface area contributed by atoms with Crippen LogP contribution in [0.3, 0.4) is 0 Å². The van der Waals surface area contributed by atoms with Crippen molar-refractivity contribution in [3.63, 3.8) is 0 Å². The molecule has 2 rings (SSSR count). The third-order valence-electron chi connectivity index (χ3n) is 3.39. The maximum atomic E-state index is 11.8.